The third-order valence-corrected chi connectivity index (χ3v) is 3.37. The number of imidazole rings is 1. The molecule has 1 atom stereocenters. The Balaban J connectivity index is 2.32. The smallest absolute Gasteiger partial charge is 0.220 e. The van der Waals surface area contributed by atoms with Crippen molar-refractivity contribution in [3.63, 3.8) is 0 Å². The first kappa shape index (κ1) is 14.6. The zero-order valence-corrected chi connectivity index (χ0v) is 12.5. The molecular formula is C16H23N3O. The summed E-state index contributed by atoms with van der Waals surface area (Å²) in [6.45, 7) is 7.08. The number of hydrogen-bond acceptors (Lipinski definition) is 2. The van der Waals surface area contributed by atoms with Gasteiger partial charge in [-0.25, -0.2) is 4.98 Å². The predicted octanol–water partition coefficient (Wildman–Crippen LogP) is 3.42. The molecule has 0 radical (unpaired) electrons. The topological polar surface area (TPSA) is 46.9 Å². The van der Waals surface area contributed by atoms with Crippen LogP contribution in [-0.4, -0.2) is 15.5 Å². The van der Waals surface area contributed by atoms with Gasteiger partial charge in [-0.2, -0.15) is 0 Å². The molecule has 108 valence electrons. The quantitative estimate of drug-likeness (QED) is 0.876. The van der Waals surface area contributed by atoms with E-state index in [-0.39, 0.29) is 11.9 Å². The van der Waals surface area contributed by atoms with Crippen molar-refractivity contribution in [3.8, 4) is 0 Å². The molecule has 0 aliphatic carbocycles. The normalized spacial score (nSPS) is 12.6. The van der Waals surface area contributed by atoms with Crippen molar-refractivity contribution in [3.05, 3.63) is 30.1 Å². The summed E-state index contributed by atoms with van der Waals surface area (Å²) in [6.07, 6.45) is 2.48. The molecule has 0 bridgehead atoms. The van der Waals surface area contributed by atoms with Crippen molar-refractivity contribution in [2.75, 3.05) is 0 Å². The van der Waals surface area contributed by atoms with Crippen LogP contribution in [0.3, 0.4) is 0 Å². The molecule has 2 rings (SSSR count). The van der Waals surface area contributed by atoms with Gasteiger partial charge in [-0.05, 0) is 31.9 Å². The van der Waals surface area contributed by atoms with Crippen molar-refractivity contribution in [1.29, 1.82) is 0 Å². The number of hydrogen-bond donors (Lipinski definition) is 1. The van der Waals surface area contributed by atoms with Gasteiger partial charge in [0.25, 0.3) is 0 Å². The highest BCUT2D eigenvalue weighted by Crippen LogP contribution is 2.21. The lowest BCUT2D eigenvalue weighted by Crippen LogP contribution is -2.28. The van der Waals surface area contributed by atoms with Gasteiger partial charge in [0.2, 0.25) is 5.91 Å². The number of carbonyl (C=O) groups excluding carboxylic acids is 1. The van der Waals surface area contributed by atoms with Crippen molar-refractivity contribution >= 4 is 16.9 Å². The van der Waals surface area contributed by atoms with E-state index in [0.717, 1.165) is 36.2 Å². The SMILES string of the molecule is CCCC(=O)NC(C)c1nc2ccccc2n1CCC. The average Bonchev–Trinajstić information content (AvgIpc) is 2.79. The van der Waals surface area contributed by atoms with E-state index >= 15 is 0 Å². The molecule has 0 aliphatic heterocycles. The van der Waals surface area contributed by atoms with Crippen LogP contribution in [0.15, 0.2) is 24.3 Å². The zero-order chi connectivity index (χ0) is 14.5. The van der Waals surface area contributed by atoms with Crippen LogP contribution >= 0.6 is 0 Å². The van der Waals surface area contributed by atoms with Crippen LogP contribution in [0.25, 0.3) is 11.0 Å². The van der Waals surface area contributed by atoms with E-state index in [1.54, 1.807) is 0 Å². The van der Waals surface area contributed by atoms with E-state index in [1.165, 1.54) is 0 Å². The number of rotatable bonds is 6. The van der Waals surface area contributed by atoms with Crippen molar-refractivity contribution in [2.24, 2.45) is 0 Å². The molecule has 1 aromatic carbocycles. The molecule has 0 aliphatic rings. The van der Waals surface area contributed by atoms with Gasteiger partial charge >= 0.3 is 0 Å². The Morgan fingerprint density at radius 3 is 2.75 bits per heavy atom. The maximum Gasteiger partial charge on any atom is 0.220 e. The number of aromatic nitrogens is 2. The second-order valence-corrected chi connectivity index (χ2v) is 5.15. The Hall–Kier alpha value is -1.84. The predicted molar refractivity (Wildman–Crippen MR) is 81.5 cm³/mol. The van der Waals surface area contributed by atoms with E-state index < -0.39 is 0 Å². The van der Waals surface area contributed by atoms with Crippen molar-refractivity contribution < 1.29 is 4.79 Å². The zero-order valence-electron chi connectivity index (χ0n) is 12.5. The molecule has 0 fully saturated rings. The molecule has 4 heteroatoms. The number of aryl methyl sites for hydroxylation is 1. The van der Waals surface area contributed by atoms with E-state index in [9.17, 15) is 4.79 Å². The lowest BCUT2D eigenvalue weighted by Gasteiger charge is -2.15. The molecule has 20 heavy (non-hydrogen) atoms. The third kappa shape index (κ3) is 3.00. The second-order valence-electron chi connectivity index (χ2n) is 5.15. The Kier molecular flexibility index (Phi) is 4.77. The van der Waals surface area contributed by atoms with E-state index in [2.05, 4.69) is 22.9 Å². The highest BCUT2D eigenvalue weighted by atomic mass is 16.1. The van der Waals surface area contributed by atoms with Gasteiger partial charge in [-0.3, -0.25) is 4.79 Å². The molecule has 1 amide bonds. The molecule has 2 aromatic rings. The fraction of sp³-hybridized carbons (Fsp3) is 0.500. The van der Waals surface area contributed by atoms with Gasteiger partial charge < -0.3 is 9.88 Å². The molecule has 0 saturated carbocycles. The summed E-state index contributed by atoms with van der Waals surface area (Å²) in [5, 5.41) is 3.03. The third-order valence-electron chi connectivity index (χ3n) is 3.37. The number of nitrogens with zero attached hydrogens (tertiary/aromatic N) is 2. The number of nitrogens with one attached hydrogen (secondary N) is 1. The fourth-order valence-corrected chi connectivity index (χ4v) is 2.49. The lowest BCUT2D eigenvalue weighted by atomic mass is 10.2. The minimum Gasteiger partial charge on any atom is -0.346 e. The maximum absolute atomic E-state index is 11.8. The van der Waals surface area contributed by atoms with Gasteiger partial charge in [0.1, 0.15) is 5.82 Å². The summed E-state index contributed by atoms with van der Waals surface area (Å²) in [5.41, 5.74) is 2.13. The summed E-state index contributed by atoms with van der Waals surface area (Å²) in [4.78, 5) is 16.5. The largest absolute Gasteiger partial charge is 0.346 e. The molecule has 1 heterocycles. The van der Waals surface area contributed by atoms with Gasteiger partial charge in [-0.1, -0.05) is 26.0 Å². The number of fused-ring (bicyclic) bond motifs is 1. The first-order chi connectivity index (χ1) is 9.67. The highest BCUT2D eigenvalue weighted by molar-refractivity contribution is 5.78. The average molecular weight is 273 g/mol. The Morgan fingerprint density at radius 2 is 2.05 bits per heavy atom. The van der Waals surface area contributed by atoms with Crippen LogP contribution in [0.2, 0.25) is 0 Å². The standard InChI is InChI=1S/C16H23N3O/c1-4-8-15(20)17-12(3)16-18-13-9-6-7-10-14(13)19(16)11-5-2/h6-7,9-10,12H,4-5,8,11H2,1-3H3,(H,17,20). The molecular weight excluding hydrogens is 250 g/mol. The molecule has 1 N–H and O–H groups in total. The summed E-state index contributed by atoms with van der Waals surface area (Å²) >= 11 is 0. The lowest BCUT2D eigenvalue weighted by molar-refractivity contribution is -0.121. The second kappa shape index (κ2) is 6.55. The number of amides is 1. The van der Waals surface area contributed by atoms with E-state index in [4.69, 9.17) is 4.98 Å². The Labute approximate surface area is 120 Å². The summed E-state index contributed by atoms with van der Waals surface area (Å²) < 4.78 is 2.21. The van der Waals surface area contributed by atoms with Crippen molar-refractivity contribution in [1.82, 2.24) is 14.9 Å². The summed E-state index contributed by atoms with van der Waals surface area (Å²) in [6, 6.07) is 8.07. The molecule has 1 aromatic heterocycles. The molecule has 0 spiro atoms. The minimum absolute atomic E-state index is 0.0620. The number of para-hydroxylation sites is 2. The Bertz CT molecular complexity index is 588. The number of carbonyl (C=O) groups is 1. The summed E-state index contributed by atoms with van der Waals surface area (Å²) in [5.74, 6) is 1.03. The van der Waals surface area contributed by atoms with Gasteiger partial charge in [0, 0.05) is 13.0 Å². The van der Waals surface area contributed by atoms with E-state index in [1.807, 2.05) is 32.0 Å². The van der Waals surface area contributed by atoms with Crippen molar-refractivity contribution in [2.45, 2.75) is 52.6 Å². The van der Waals surface area contributed by atoms with Crippen LogP contribution in [0.5, 0.6) is 0 Å². The van der Waals surface area contributed by atoms with Gasteiger partial charge in [0.05, 0.1) is 17.1 Å². The molecule has 1 unspecified atom stereocenters. The molecule has 0 saturated heterocycles. The highest BCUT2D eigenvalue weighted by Gasteiger charge is 2.17. The van der Waals surface area contributed by atoms with Crippen LogP contribution in [0.1, 0.15) is 51.9 Å². The van der Waals surface area contributed by atoms with Crippen LogP contribution in [-0.2, 0) is 11.3 Å². The fourth-order valence-electron chi connectivity index (χ4n) is 2.49. The monoisotopic (exact) mass is 273 g/mol. The van der Waals surface area contributed by atoms with Crippen LogP contribution in [0.4, 0.5) is 0 Å². The summed E-state index contributed by atoms with van der Waals surface area (Å²) in [7, 11) is 0. The van der Waals surface area contributed by atoms with E-state index in [0.29, 0.717) is 6.42 Å². The number of benzene rings is 1. The van der Waals surface area contributed by atoms with Crippen LogP contribution in [0, 0.1) is 0 Å². The first-order valence-electron chi connectivity index (χ1n) is 7.41. The van der Waals surface area contributed by atoms with Gasteiger partial charge in [-0.15, -0.1) is 0 Å². The van der Waals surface area contributed by atoms with Gasteiger partial charge in [0.15, 0.2) is 0 Å². The first-order valence-corrected chi connectivity index (χ1v) is 7.41. The maximum atomic E-state index is 11.8. The minimum atomic E-state index is -0.0620. The molecule has 4 nitrogen and oxygen atoms in total. The van der Waals surface area contributed by atoms with Crippen LogP contribution < -0.4 is 5.32 Å². The Morgan fingerprint density at radius 1 is 1.30 bits per heavy atom.